The van der Waals surface area contributed by atoms with Gasteiger partial charge in [0.1, 0.15) is 6.54 Å². The van der Waals surface area contributed by atoms with Gasteiger partial charge in [0.15, 0.2) is 0 Å². The van der Waals surface area contributed by atoms with E-state index >= 15 is 0 Å². The summed E-state index contributed by atoms with van der Waals surface area (Å²) < 4.78 is 25.8. The van der Waals surface area contributed by atoms with Crippen molar-refractivity contribution in [2.75, 3.05) is 23.7 Å². The highest BCUT2D eigenvalue weighted by Gasteiger charge is 2.23. The molecule has 1 aliphatic heterocycles. The molecule has 8 heteroatoms. The number of amides is 2. The summed E-state index contributed by atoms with van der Waals surface area (Å²) >= 11 is 0. The number of sulfonamides is 1. The Balaban J connectivity index is 1.65. The fourth-order valence-corrected chi connectivity index (χ4v) is 4.59. The van der Waals surface area contributed by atoms with Crippen molar-refractivity contribution in [3.63, 3.8) is 0 Å². The molecule has 0 unspecified atom stereocenters. The van der Waals surface area contributed by atoms with Crippen molar-refractivity contribution in [1.82, 2.24) is 10.2 Å². The summed E-state index contributed by atoms with van der Waals surface area (Å²) in [6.07, 6.45) is 2.60. The molecule has 0 aliphatic carbocycles. The molecule has 0 spiro atoms. The minimum absolute atomic E-state index is 0.172. The lowest BCUT2D eigenvalue weighted by atomic mass is 10.1. The van der Waals surface area contributed by atoms with Crippen LogP contribution in [0.4, 0.5) is 5.69 Å². The molecule has 1 aliphatic rings. The van der Waals surface area contributed by atoms with Crippen molar-refractivity contribution in [2.24, 2.45) is 0 Å². The van der Waals surface area contributed by atoms with Gasteiger partial charge in [-0.1, -0.05) is 36.4 Å². The van der Waals surface area contributed by atoms with Gasteiger partial charge >= 0.3 is 0 Å². The highest BCUT2D eigenvalue weighted by atomic mass is 32.2. The van der Waals surface area contributed by atoms with Crippen LogP contribution in [0.3, 0.4) is 0 Å². The number of rotatable bonds is 8. The zero-order chi connectivity index (χ0) is 22.6. The third-order valence-electron chi connectivity index (χ3n) is 5.35. The second-order valence-corrected chi connectivity index (χ2v) is 9.98. The van der Waals surface area contributed by atoms with E-state index in [4.69, 9.17) is 0 Å². The minimum atomic E-state index is -3.63. The van der Waals surface area contributed by atoms with E-state index in [2.05, 4.69) is 5.32 Å². The Bertz CT molecular complexity index is 1080. The number of hydrogen-bond acceptors (Lipinski definition) is 4. The predicted octanol–water partition coefficient (Wildman–Crippen LogP) is 2.51. The van der Waals surface area contributed by atoms with Crippen molar-refractivity contribution in [1.29, 1.82) is 0 Å². The Labute approximate surface area is 184 Å². The summed E-state index contributed by atoms with van der Waals surface area (Å²) in [5.41, 5.74) is 4.12. The maximum Gasteiger partial charge on any atom is 0.241 e. The van der Waals surface area contributed by atoms with E-state index in [0.717, 1.165) is 45.8 Å². The molecule has 3 rings (SSSR count). The number of nitrogens with one attached hydrogen (secondary N) is 1. The first-order chi connectivity index (χ1) is 14.6. The van der Waals surface area contributed by atoms with Gasteiger partial charge in [-0.15, -0.1) is 0 Å². The molecule has 0 atom stereocenters. The average molecular weight is 444 g/mol. The first-order valence-corrected chi connectivity index (χ1v) is 12.2. The number of benzene rings is 2. The van der Waals surface area contributed by atoms with E-state index < -0.39 is 10.0 Å². The Hall–Kier alpha value is -2.87. The number of likely N-dealkylation sites (tertiary alicyclic amines) is 1. The van der Waals surface area contributed by atoms with Gasteiger partial charge < -0.3 is 10.2 Å². The number of nitrogens with zero attached hydrogens (tertiary/aromatic N) is 2. The van der Waals surface area contributed by atoms with Crippen LogP contribution in [0, 0.1) is 13.8 Å². The topological polar surface area (TPSA) is 86.8 Å². The Kier molecular flexibility index (Phi) is 7.00. The van der Waals surface area contributed by atoms with Gasteiger partial charge in [0, 0.05) is 26.1 Å². The Morgan fingerprint density at radius 1 is 1.13 bits per heavy atom. The van der Waals surface area contributed by atoms with Gasteiger partial charge in [-0.2, -0.15) is 0 Å². The molecule has 2 amide bonds. The van der Waals surface area contributed by atoms with Crippen molar-refractivity contribution in [2.45, 2.75) is 39.8 Å². The smallest absolute Gasteiger partial charge is 0.241 e. The molecule has 1 heterocycles. The quantitative estimate of drug-likeness (QED) is 0.679. The van der Waals surface area contributed by atoms with Gasteiger partial charge in [-0.3, -0.25) is 13.9 Å². The first kappa shape index (κ1) is 22.8. The van der Waals surface area contributed by atoms with Crippen LogP contribution >= 0.6 is 0 Å². The van der Waals surface area contributed by atoms with Gasteiger partial charge in [0.2, 0.25) is 21.8 Å². The van der Waals surface area contributed by atoms with Gasteiger partial charge in [0.05, 0.1) is 11.9 Å². The zero-order valence-electron chi connectivity index (χ0n) is 18.2. The first-order valence-electron chi connectivity index (χ1n) is 10.3. The van der Waals surface area contributed by atoms with Crippen LogP contribution in [0.5, 0.6) is 0 Å². The van der Waals surface area contributed by atoms with Crippen LogP contribution in [0.1, 0.15) is 35.1 Å². The summed E-state index contributed by atoms with van der Waals surface area (Å²) in [6.45, 7) is 5.04. The van der Waals surface area contributed by atoms with Crippen molar-refractivity contribution in [3.8, 4) is 0 Å². The number of anilines is 1. The average Bonchev–Trinajstić information content (AvgIpc) is 3.10. The van der Waals surface area contributed by atoms with Crippen LogP contribution in [-0.2, 0) is 32.7 Å². The number of carbonyl (C=O) groups excluding carboxylic acids is 2. The molecule has 0 radical (unpaired) electrons. The molecule has 31 heavy (non-hydrogen) atoms. The van der Waals surface area contributed by atoms with Crippen LogP contribution in [-0.4, -0.2) is 44.5 Å². The molecular weight excluding hydrogens is 414 g/mol. The monoisotopic (exact) mass is 443 g/mol. The van der Waals surface area contributed by atoms with Crippen molar-refractivity contribution >= 4 is 27.5 Å². The molecule has 0 saturated carbocycles. The molecule has 1 N–H and O–H groups in total. The van der Waals surface area contributed by atoms with Gasteiger partial charge in [-0.25, -0.2) is 8.42 Å². The van der Waals surface area contributed by atoms with Crippen LogP contribution in [0.25, 0.3) is 0 Å². The lowest BCUT2D eigenvalue weighted by Crippen LogP contribution is -2.40. The van der Waals surface area contributed by atoms with Crippen LogP contribution < -0.4 is 9.62 Å². The van der Waals surface area contributed by atoms with Gasteiger partial charge in [-0.05, 0) is 48.6 Å². The molecule has 1 saturated heterocycles. The number of hydrogen-bond donors (Lipinski definition) is 1. The third kappa shape index (κ3) is 6.07. The summed E-state index contributed by atoms with van der Waals surface area (Å²) in [4.78, 5) is 26.3. The standard InChI is InChI=1S/C23H29N3O4S/c1-17-9-10-18(2)21(12-17)26(31(3,29)30)16-22(27)24-14-19-6-4-7-20(13-19)15-25-11-5-8-23(25)28/h4,6-7,9-10,12-13H,5,8,11,14-16H2,1-3H3,(H,24,27). The molecule has 0 bridgehead atoms. The summed E-state index contributed by atoms with van der Waals surface area (Å²) in [5.74, 6) is -0.211. The van der Waals surface area contributed by atoms with E-state index in [1.165, 1.54) is 0 Å². The highest BCUT2D eigenvalue weighted by Crippen LogP contribution is 2.23. The summed E-state index contributed by atoms with van der Waals surface area (Å²) in [6, 6.07) is 13.2. The SMILES string of the molecule is Cc1ccc(C)c(N(CC(=O)NCc2cccc(CN3CCCC3=O)c2)S(C)(=O)=O)c1. The zero-order valence-corrected chi connectivity index (χ0v) is 19.0. The minimum Gasteiger partial charge on any atom is -0.350 e. The molecule has 166 valence electrons. The maximum absolute atomic E-state index is 12.6. The van der Waals surface area contributed by atoms with E-state index in [1.54, 1.807) is 6.07 Å². The number of carbonyl (C=O) groups is 2. The second kappa shape index (κ2) is 9.51. The lowest BCUT2D eigenvalue weighted by Gasteiger charge is -2.24. The van der Waals surface area contributed by atoms with Crippen LogP contribution in [0.2, 0.25) is 0 Å². The second-order valence-electron chi connectivity index (χ2n) is 8.08. The summed E-state index contributed by atoms with van der Waals surface area (Å²) in [5, 5.41) is 2.81. The van der Waals surface area contributed by atoms with E-state index in [-0.39, 0.29) is 24.9 Å². The van der Waals surface area contributed by atoms with E-state index in [9.17, 15) is 18.0 Å². The highest BCUT2D eigenvalue weighted by molar-refractivity contribution is 7.92. The van der Waals surface area contributed by atoms with Gasteiger partial charge in [0.25, 0.3) is 0 Å². The Morgan fingerprint density at radius 2 is 1.87 bits per heavy atom. The van der Waals surface area contributed by atoms with E-state index in [1.807, 2.05) is 55.1 Å². The number of aryl methyl sites for hydroxylation is 2. The van der Waals surface area contributed by atoms with Crippen molar-refractivity contribution in [3.05, 3.63) is 64.7 Å². The summed E-state index contributed by atoms with van der Waals surface area (Å²) in [7, 11) is -3.63. The van der Waals surface area contributed by atoms with Crippen LogP contribution in [0.15, 0.2) is 42.5 Å². The third-order valence-corrected chi connectivity index (χ3v) is 6.47. The fraction of sp³-hybridized carbons (Fsp3) is 0.391. The molecule has 0 aromatic heterocycles. The predicted molar refractivity (Wildman–Crippen MR) is 121 cm³/mol. The molecule has 1 fully saturated rings. The molecule has 2 aromatic carbocycles. The molecular formula is C23H29N3O4S. The largest absolute Gasteiger partial charge is 0.350 e. The molecule has 7 nitrogen and oxygen atoms in total. The normalized spacial score (nSPS) is 14.0. The van der Waals surface area contributed by atoms with E-state index in [0.29, 0.717) is 18.7 Å². The maximum atomic E-state index is 12.6. The Morgan fingerprint density at radius 3 is 2.55 bits per heavy atom. The van der Waals surface area contributed by atoms with Crippen molar-refractivity contribution < 1.29 is 18.0 Å². The molecule has 2 aromatic rings. The fourth-order valence-electron chi connectivity index (χ4n) is 3.69. The lowest BCUT2D eigenvalue weighted by molar-refractivity contribution is -0.128.